The molecule has 0 bridgehead atoms. The number of amides is 1. The van der Waals surface area contributed by atoms with E-state index in [2.05, 4.69) is 15.6 Å². The van der Waals surface area contributed by atoms with E-state index in [0.717, 1.165) is 43.6 Å². The van der Waals surface area contributed by atoms with E-state index in [4.69, 9.17) is 0 Å². The SMILES string of the molecule is Cc1cc(C)c(CNC(=O)CCC2CCNCC2)c(=O)[nH]1.Cl. The Morgan fingerprint density at radius 1 is 1.32 bits per heavy atom. The fourth-order valence-corrected chi connectivity index (χ4v) is 2.88. The van der Waals surface area contributed by atoms with Gasteiger partial charge in [-0.25, -0.2) is 0 Å². The highest BCUT2D eigenvalue weighted by Gasteiger charge is 2.14. The first-order valence-electron chi connectivity index (χ1n) is 7.73. The number of carbonyl (C=O) groups excluding carboxylic acids is 1. The van der Waals surface area contributed by atoms with Gasteiger partial charge in [-0.3, -0.25) is 9.59 Å². The van der Waals surface area contributed by atoms with E-state index in [-0.39, 0.29) is 23.9 Å². The number of hydrogen-bond donors (Lipinski definition) is 3. The van der Waals surface area contributed by atoms with Crippen LogP contribution in [-0.2, 0) is 11.3 Å². The lowest BCUT2D eigenvalue weighted by Crippen LogP contribution is -2.30. The Bertz CT molecular complexity index is 551. The van der Waals surface area contributed by atoms with Gasteiger partial charge in [-0.2, -0.15) is 0 Å². The van der Waals surface area contributed by atoms with Crippen LogP contribution in [0.5, 0.6) is 0 Å². The summed E-state index contributed by atoms with van der Waals surface area (Å²) in [6.07, 6.45) is 3.80. The van der Waals surface area contributed by atoms with Gasteiger partial charge in [0.15, 0.2) is 0 Å². The Hall–Kier alpha value is -1.33. The van der Waals surface area contributed by atoms with Crippen LogP contribution in [0.1, 0.15) is 42.5 Å². The van der Waals surface area contributed by atoms with Crippen LogP contribution in [0.4, 0.5) is 0 Å². The summed E-state index contributed by atoms with van der Waals surface area (Å²) in [5.41, 5.74) is 2.32. The Labute approximate surface area is 137 Å². The number of H-pyrrole nitrogens is 1. The molecule has 0 spiro atoms. The number of hydrogen-bond acceptors (Lipinski definition) is 3. The summed E-state index contributed by atoms with van der Waals surface area (Å²) in [6.45, 7) is 6.19. The molecule has 1 aromatic rings. The Balaban J connectivity index is 0.00000242. The summed E-state index contributed by atoms with van der Waals surface area (Å²) in [4.78, 5) is 26.5. The van der Waals surface area contributed by atoms with E-state index >= 15 is 0 Å². The summed E-state index contributed by atoms with van der Waals surface area (Å²) in [5, 5.41) is 6.19. The number of rotatable bonds is 5. The van der Waals surface area contributed by atoms with Crippen LogP contribution in [0.3, 0.4) is 0 Å². The second-order valence-corrected chi connectivity index (χ2v) is 5.95. The number of nitrogens with one attached hydrogen (secondary N) is 3. The topological polar surface area (TPSA) is 74.0 Å². The number of piperidine rings is 1. The lowest BCUT2D eigenvalue weighted by Gasteiger charge is -2.22. The van der Waals surface area contributed by atoms with Gasteiger partial charge < -0.3 is 15.6 Å². The van der Waals surface area contributed by atoms with Crippen LogP contribution in [0.2, 0.25) is 0 Å². The smallest absolute Gasteiger partial charge is 0.253 e. The molecule has 1 saturated heterocycles. The molecule has 1 aliphatic rings. The summed E-state index contributed by atoms with van der Waals surface area (Å²) in [6, 6.07) is 1.93. The molecule has 0 unspecified atom stereocenters. The van der Waals surface area contributed by atoms with Crippen molar-refractivity contribution in [1.82, 2.24) is 15.6 Å². The average Bonchev–Trinajstić information content (AvgIpc) is 2.45. The minimum Gasteiger partial charge on any atom is -0.352 e. The third-order valence-corrected chi connectivity index (χ3v) is 4.19. The van der Waals surface area contributed by atoms with Crippen molar-refractivity contribution in [2.75, 3.05) is 13.1 Å². The highest BCUT2D eigenvalue weighted by Crippen LogP contribution is 2.17. The predicted octanol–water partition coefficient (Wildman–Crippen LogP) is 1.81. The summed E-state index contributed by atoms with van der Waals surface area (Å²) in [5.74, 6) is 0.689. The molecule has 0 aromatic carbocycles. The molecule has 6 heteroatoms. The Kier molecular flexibility index (Phi) is 7.62. The summed E-state index contributed by atoms with van der Waals surface area (Å²) < 4.78 is 0. The van der Waals surface area contributed by atoms with Gasteiger partial charge in [0.1, 0.15) is 0 Å². The van der Waals surface area contributed by atoms with Gasteiger partial charge in [0.05, 0.1) is 0 Å². The molecule has 1 fully saturated rings. The third-order valence-electron chi connectivity index (χ3n) is 4.19. The average molecular weight is 328 g/mol. The zero-order valence-electron chi connectivity index (χ0n) is 13.3. The Morgan fingerprint density at radius 3 is 2.64 bits per heavy atom. The van der Waals surface area contributed by atoms with Crippen molar-refractivity contribution in [1.29, 1.82) is 0 Å². The fraction of sp³-hybridized carbons (Fsp3) is 0.625. The molecule has 0 atom stereocenters. The lowest BCUT2D eigenvalue weighted by atomic mass is 9.93. The van der Waals surface area contributed by atoms with E-state index in [0.29, 0.717) is 24.4 Å². The Morgan fingerprint density at radius 2 is 2.00 bits per heavy atom. The number of aromatic amines is 1. The zero-order valence-corrected chi connectivity index (χ0v) is 14.1. The largest absolute Gasteiger partial charge is 0.352 e. The van der Waals surface area contributed by atoms with Crippen molar-refractivity contribution in [3.63, 3.8) is 0 Å². The van der Waals surface area contributed by atoms with Gasteiger partial charge in [-0.1, -0.05) is 0 Å². The molecule has 0 aliphatic carbocycles. The monoisotopic (exact) mass is 327 g/mol. The van der Waals surface area contributed by atoms with Gasteiger partial charge >= 0.3 is 0 Å². The highest BCUT2D eigenvalue weighted by molar-refractivity contribution is 5.85. The molecule has 0 saturated carbocycles. The number of carbonyl (C=O) groups is 1. The standard InChI is InChI=1S/C16H25N3O2.ClH/c1-11-9-12(2)19-16(21)14(11)10-18-15(20)4-3-13-5-7-17-8-6-13;/h9,13,17H,3-8,10H2,1-2H3,(H,18,20)(H,19,21);1H. The predicted molar refractivity (Wildman–Crippen MR) is 90.5 cm³/mol. The van der Waals surface area contributed by atoms with E-state index < -0.39 is 0 Å². The first-order chi connectivity index (χ1) is 10.1. The molecular weight excluding hydrogens is 302 g/mol. The molecule has 0 radical (unpaired) electrons. The lowest BCUT2D eigenvalue weighted by molar-refractivity contribution is -0.121. The molecule has 124 valence electrons. The van der Waals surface area contributed by atoms with E-state index in [1.807, 2.05) is 19.9 Å². The van der Waals surface area contributed by atoms with E-state index in [1.54, 1.807) is 0 Å². The van der Waals surface area contributed by atoms with Crippen LogP contribution < -0.4 is 16.2 Å². The van der Waals surface area contributed by atoms with Crippen molar-refractivity contribution < 1.29 is 4.79 Å². The maximum absolute atomic E-state index is 11.9. The van der Waals surface area contributed by atoms with Crippen LogP contribution in [0, 0.1) is 19.8 Å². The third kappa shape index (κ3) is 5.46. The highest BCUT2D eigenvalue weighted by atomic mass is 35.5. The quantitative estimate of drug-likeness (QED) is 0.772. The van der Waals surface area contributed by atoms with Crippen LogP contribution in [-0.4, -0.2) is 24.0 Å². The molecule has 1 aliphatic heterocycles. The number of aryl methyl sites for hydroxylation is 2. The minimum absolute atomic E-state index is 0. The molecule has 2 heterocycles. The fourth-order valence-electron chi connectivity index (χ4n) is 2.88. The molecule has 5 nitrogen and oxygen atoms in total. The van der Waals surface area contributed by atoms with Crippen LogP contribution in [0.25, 0.3) is 0 Å². The molecule has 3 N–H and O–H groups in total. The van der Waals surface area contributed by atoms with Crippen molar-refractivity contribution in [2.24, 2.45) is 5.92 Å². The van der Waals surface area contributed by atoms with Crippen molar-refractivity contribution in [3.05, 3.63) is 33.2 Å². The van der Waals surface area contributed by atoms with Gasteiger partial charge in [0.25, 0.3) is 5.56 Å². The molecule has 2 rings (SSSR count). The number of aromatic nitrogens is 1. The molecule has 22 heavy (non-hydrogen) atoms. The second kappa shape index (κ2) is 8.96. The zero-order chi connectivity index (χ0) is 15.2. The molecule has 1 amide bonds. The first kappa shape index (κ1) is 18.7. The molecule has 1 aromatic heterocycles. The first-order valence-corrected chi connectivity index (χ1v) is 7.73. The van der Waals surface area contributed by atoms with Crippen LogP contribution in [0.15, 0.2) is 10.9 Å². The van der Waals surface area contributed by atoms with Crippen LogP contribution >= 0.6 is 12.4 Å². The van der Waals surface area contributed by atoms with Gasteiger partial charge in [0.2, 0.25) is 5.91 Å². The number of pyridine rings is 1. The normalized spacial score (nSPS) is 15.2. The maximum Gasteiger partial charge on any atom is 0.253 e. The minimum atomic E-state index is -0.105. The van der Waals surface area contributed by atoms with E-state index in [1.165, 1.54) is 0 Å². The van der Waals surface area contributed by atoms with Crippen molar-refractivity contribution in [3.8, 4) is 0 Å². The van der Waals surface area contributed by atoms with Crippen molar-refractivity contribution >= 4 is 18.3 Å². The van der Waals surface area contributed by atoms with Gasteiger partial charge in [-0.05, 0) is 63.7 Å². The second-order valence-electron chi connectivity index (χ2n) is 5.95. The van der Waals surface area contributed by atoms with E-state index in [9.17, 15) is 9.59 Å². The molecular formula is C16H26ClN3O2. The summed E-state index contributed by atoms with van der Waals surface area (Å²) >= 11 is 0. The summed E-state index contributed by atoms with van der Waals surface area (Å²) in [7, 11) is 0. The van der Waals surface area contributed by atoms with Gasteiger partial charge in [0, 0.05) is 24.2 Å². The maximum atomic E-state index is 11.9. The number of halogens is 1. The van der Waals surface area contributed by atoms with Gasteiger partial charge in [-0.15, -0.1) is 12.4 Å². The van der Waals surface area contributed by atoms with Crippen molar-refractivity contribution in [2.45, 2.75) is 46.1 Å².